The molecule has 0 spiro atoms. The number of aromatic nitrogens is 2. The molecule has 0 saturated heterocycles. The van der Waals surface area contributed by atoms with Crippen molar-refractivity contribution in [1.82, 2.24) is 9.55 Å². The minimum Gasteiger partial charge on any atom is -0.333 e. The molecular weight excluding hydrogens is 234 g/mol. The van der Waals surface area contributed by atoms with Crippen LogP contribution in [0.2, 0.25) is 0 Å². The Balaban J connectivity index is 0.000000771. The first-order valence-electron chi connectivity index (χ1n) is 5.76. The van der Waals surface area contributed by atoms with Crippen LogP contribution in [-0.2, 0) is 6.54 Å². The topological polar surface area (TPSA) is 17.8 Å². The first-order valence-corrected chi connectivity index (χ1v) is 5.76. The lowest BCUT2D eigenvalue weighted by atomic mass is 10.1. The fraction of sp³-hybridized carbons (Fsp3) is 0.214. The summed E-state index contributed by atoms with van der Waals surface area (Å²) in [5.74, 6) is -1.18. The number of hydrogen-bond donors (Lipinski definition) is 0. The molecule has 0 fully saturated rings. The van der Waals surface area contributed by atoms with Gasteiger partial charge in [0, 0.05) is 30.6 Å². The molecule has 0 atom stereocenters. The van der Waals surface area contributed by atoms with Gasteiger partial charge in [0.05, 0.1) is 6.33 Å². The van der Waals surface area contributed by atoms with Gasteiger partial charge in [-0.25, -0.2) is 13.8 Å². The summed E-state index contributed by atoms with van der Waals surface area (Å²) in [4.78, 5) is 3.87. The van der Waals surface area contributed by atoms with Crippen molar-refractivity contribution in [2.24, 2.45) is 0 Å². The van der Waals surface area contributed by atoms with Crippen molar-refractivity contribution in [3.8, 4) is 0 Å². The van der Waals surface area contributed by atoms with Gasteiger partial charge >= 0.3 is 0 Å². The normalized spacial score (nSPS) is 9.56. The van der Waals surface area contributed by atoms with E-state index in [1.165, 1.54) is 12.1 Å². The molecule has 4 heteroatoms. The molecule has 0 saturated carbocycles. The van der Waals surface area contributed by atoms with E-state index in [1.54, 1.807) is 23.3 Å². The van der Waals surface area contributed by atoms with E-state index >= 15 is 0 Å². The zero-order chi connectivity index (χ0) is 13.5. The van der Waals surface area contributed by atoms with Crippen LogP contribution in [0.25, 0.3) is 5.57 Å². The van der Waals surface area contributed by atoms with Crippen molar-refractivity contribution in [2.45, 2.75) is 20.4 Å². The third-order valence-corrected chi connectivity index (χ3v) is 2.24. The van der Waals surface area contributed by atoms with E-state index in [0.29, 0.717) is 17.7 Å². The van der Waals surface area contributed by atoms with Crippen LogP contribution in [0.3, 0.4) is 0 Å². The second-order valence-corrected chi connectivity index (χ2v) is 3.46. The lowest BCUT2D eigenvalue weighted by Gasteiger charge is -2.07. The lowest BCUT2D eigenvalue weighted by Crippen LogP contribution is -1.99. The Kier molecular flexibility index (Phi) is 5.24. The van der Waals surface area contributed by atoms with Gasteiger partial charge in [-0.05, 0) is 17.7 Å². The first kappa shape index (κ1) is 14.1. The second-order valence-electron chi connectivity index (χ2n) is 3.46. The molecule has 2 aromatic rings. The van der Waals surface area contributed by atoms with Crippen molar-refractivity contribution in [2.75, 3.05) is 0 Å². The van der Waals surface area contributed by atoms with Gasteiger partial charge in [0.15, 0.2) is 0 Å². The number of imidazole rings is 1. The molecule has 0 aliphatic heterocycles. The Labute approximate surface area is 106 Å². The molecular formula is C14H16F2N2. The average Bonchev–Trinajstić information content (AvgIpc) is 2.84. The van der Waals surface area contributed by atoms with Crippen LogP contribution in [0.4, 0.5) is 8.78 Å². The van der Waals surface area contributed by atoms with E-state index in [-0.39, 0.29) is 0 Å². The van der Waals surface area contributed by atoms with Gasteiger partial charge < -0.3 is 4.57 Å². The minimum absolute atomic E-state index is 0.329. The summed E-state index contributed by atoms with van der Waals surface area (Å²) in [6.07, 6.45) is 5.01. The van der Waals surface area contributed by atoms with E-state index in [4.69, 9.17) is 0 Å². The maximum Gasteiger partial charge on any atom is 0.133 e. The van der Waals surface area contributed by atoms with Crippen LogP contribution >= 0.6 is 0 Å². The molecule has 1 aromatic heterocycles. The summed E-state index contributed by atoms with van der Waals surface area (Å²) < 4.78 is 27.9. The van der Waals surface area contributed by atoms with Crippen molar-refractivity contribution >= 4 is 5.57 Å². The first-order chi connectivity index (χ1) is 8.66. The quantitative estimate of drug-likeness (QED) is 0.807. The van der Waals surface area contributed by atoms with Gasteiger partial charge in [-0.15, -0.1) is 0 Å². The van der Waals surface area contributed by atoms with Gasteiger partial charge in [-0.2, -0.15) is 0 Å². The second kappa shape index (κ2) is 6.69. The van der Waals surface area contributed by atoms with Crippen LogP contribution in [-0.4, -0.2) is 9.55 Å². The van der Waals surface area contributed by atoms with Crippen LogP contribution in [0, 0.1) is 11.6 Å². The number of hydrogen-bond acceptors (Lipinski definition) is 1. The van der Waals surface area contributed by atoms with E-state index in [0.717, 1.165) is 6.07 Å². The molecule has 0 amide bonds. The van der Waals surface area contributed by atoms with Crippen LogP contribution in [0.5, 0.6) is 0 Å². The molecule has 0 aliphatic carbocycles. The smallest absolute Gasteiger partial charge is 0.133 e. The van der Waals surface area contributed by atoms with Crippen molar-refractivity contribution in [3.63, 3.8) is 0 Å². The predicted octanol–water partition coefficient (Wildman–Crippen LogP) is 3.90. The largest absolute Gasteiger partial charge is 0.333 e. The molecule has 2 rings (SSSR count). The summed E-state index contributed by atoms with van der Waals surface area (Å²) in [5.41, 5.74) is 0.908. The highest BCUT2D eigenvalue weighted by Crippen LogP contribution is 2.19. The van der Waals surface area contributed by atoms with Crippen LogP contribution in [0.15, 0.2) is 43.5 Å². The average molecular weight is 250 g/mol. The van der Waals surface area contributed by atoms with Gasteiger partial charge in [0.25, 0.3) is 0 Å². The Bertz CT molecular complexity index is 505. The Morgan fingerprint density at radius 2 is 2.06 bits per heavy atom. The number of benzene rings is 1. The number of halogens is 2. The number of nitrogens with zero attached hydrogens (tertiary/aromatic N) is 2. The fourth-order valence-electron chi connectivity index (χ4n) is 1.46. The summed E-state index contributed by atoms with van der Waals surface area (Å²) in [6, 6.07) is 3.47. The van der Waals surface area contributed by atoms with Crippen molar-refractivity contribution in [1.29, 1.82) is 0 Å². The van der Waals surface area contributed by atoms with Crippen LogP contribution in [0.1, 0.15) is 19.4 Å². The van der Waals surface area contributed by atoms with Crippen molar-refractivity contribution in [3.05, 3.63) is 60.7 Å². The van der Waals surface area contributed by atoms with E-state index < -0.39 is 11.6 Å². The zero-order valence-corrected chi connectivity index (χ0v) is 10.5. The highest BCUT2D eigenvalue weighted by molar-refractivity contribution is 5.63. The maximum absolute atomic E-state index is 13.4. The molecule has 0 aliphatic rings. The molecule has 96 valence electrons. The van der Waals surface area contributed by atoms with E-state index in [2.05, 4.69) is 11.6 Å². The van der Waals surface area contributed by atoms with Crippen molar-refractivity contribution < 1.29 is 8.78 Å². The molecule has 18 heavy (non-hydrogen) atoms. The highest BCUT2D eigenvalue weighted by atomic mass is 19.1. The Hall–Kier alpha value is -1.97. The standard InChI is InChI=1S/C12H10F2N2.C2H6/c1-9(7-16-5-4-15-8-16)11-3-2-10(13)6-12(11)14;1-2/h2-6,8H,1,7H2;1-2H3. The molecule has 0 bridgehead atoms. The summed E-state index contributed by atoms with van der Waals surface area (Å²) in [6.45, 7) is 8.21. The zero-order valence-electron chi connectivity index (χ0n) is 10.5. The molecule has 0 N–H and O–H groups in total. The minimum atomic E-state index is -0.592. The van der Waals surface area contributed by atoms with Crippen LogP contribution < -0.4 is 0 Å². The third-order valence-electron chi connectivity index (χ3n) is 2.24. The Morgan fingerprint density at radius 1 is 1.33 bits per heavy atom. The van der Waals surface area contributed by atoms with E-state index in [1.807, 2.05) is 13.8 Å². The van der Waals surface area contributed by atoms with E-state index in [9.17, 15) is 8.78 Å². The van der Waals surface area contributed by atoms with Gasteiger partial charge in [-0.1, -0.05) is 20.4 Å². The maximum atomic E-state index is 13.4. The molecule has 1 heterocycles. The van der Waals surface area contributed by atoms with Gasteiger partial charge in [0.2, 0.25) is 0 Å². The molecule has 2 nitrogen and oxygen atoms in total. The summed E-state index contributed by atoms with van der Waals surface area (Å²) in [5, 5.41) is 0. The molecule has 0 unspecified atom stereocenters. The summed E-state index contributed by atoms with van der Waals surface area (Å²) >= 11 is 0. The molecule has 1 aromatic carbocycles. The lowest BCUT2D eigenvalue weighted by molar-refractivity contribution is 0.580. The summed E-state index contributed by atoms with van der Waals surface area (Å²) in [7, 11) is 0. The monoisotopic (exact) mass is 250 g/mol. The third kappa shape index (κ3) is 3.52. The Morgan fingerprint density at radius 3 is 2.61 bits per heavy atom. The predicted molar refractivity (Wildman–Crippen MR) is 69.0 cm³/mol. The highest BCUT2D eigenvalue weighted by Gasteiger charge is 2.07. The SMILES string of the molecule is C=C(Cn1ccnc1)c1ccc(F)cc1F.CC. The number of allylic oxidation sites excluding steroid dienone is 1. The van der Waals surface area contributed by atoms with Gasteiger partial charge in [-0.3, -0.25) is 0 Å². The molecule has 0 radical (unpaired) electrons. The fourth-order valence-corrected chi connectivity index (χ4v) is 1.46. The van der Waals surface area contributed by atoms with Gasteiger partial charge in [0.1, 0.15) is 11.6 Å². The number of rotatable bonds is 3.